The van der Waals surface area contributed by atoms with Gasteiger partial charge in [-0.15, -0.1) is 0 Å². The molecule has 0 radical (unpaired) electrons. The Morgan fingerprint density at radius 3 is 1.72 bits per heavy atom. The number of carbonyl (C=O) groups is 2. The summed E-state index contributed by atoms with van der Waals surface area (Å²) < 4.78 is 16.8. The molecule has 0 bridgehead atoms. The molecule has 1 N–H and O–H groups in total. The van der Waals surface area contributed by atoms with Crippen LogP contribution in [0.25, 0.3) is 0 Å². The van der Waals surface area contributed by atoms with Crippen LogP contribution in [0, 0.1) is 0 Å². The first-order chi connectivity index (χ1) is 15.5. The highest BCUT2D eigenvalue weighted by Crippen LogP contribution is 2.26. The molecule has 0 aliphatic carbocycles. The monoisotopic (exact) mass is 433 g/mol. The van der Waals surface area contributed by atoms with E-state index >= 15 is 0 Å². The molecule has 166 valence electrons. The topological polar surface area (TPSA) is 73.9 Å². The second kappa shape index (κ2) is 11.6. The van der Waals surface area contributed by atoms with Gasteiger partial charge in [0.1, 0.15) is 30.8 Å². The van der Waals surface area contributed by atoms with Crippen molar-refractivity contribution in [2.75, 3.05) is 7.11 Å². The molecule has 32 heavy (non-hydrogen) atoms. The third-order valence-corrected chi connectivity index (χ3v) is 4.74. The van der Waals surface area contributed by atoms with E-state index in [1.165, 1.54) is 14.0 Å². The van der Waals surface area contributed by atoms with E-state index in [-0.39, 0.29) is 12.3 Å². The van der Waals surface area contributed by atoms with Gasteiger partial charge in [-0.2, -0.15) is 0 Å². The van der Waals surface area contributed by atoms with Gasteiger partial charge in [0.05, 0.1) is 7.11 Å². The van der Waals surface area contributed by atoms with Crippen molar-refractivity contribution in [3.05, 3.63) is 95.6 Å². The van der Waals surface area contributed by atoms with Gasteiger partial charge in [0.15, 0.2) is 0 Å². The summed E-state index contributed by atoms with van der Waals surface area (Å²) in [6.07, 6.45) is 0.247. The van der Waals surface area contributed by atoms with Gasteiger partial charge in [0.25, 0.3) is 0 Å². The van der Waals surface area contributed by atoms with Gasteiger partial charge < -0.3 is 19.5 Å². The maximum absolute atomic E-state index is 12.1. The first-order valence-corrected chi connectivity index (χ1v) is 10.4. The van der Waals surface area contributed by atoms with E-state index in [9.17, 15) is 9.59 Å². The number of methoxy groups -OCH3 is 1. The zero-order valence-corrected chi connectivity index (χ0v) is 18.2. The summed E-state index contributed by atoms with van der Waals surface area (Å²) in [4.78, 5) is 23.7. The fraction of sp³-hybridized carbons (Fsp3) is 0.231. The van der Waals surface area contributed by atoms with Gasteiger partial charge in [-0.1, -0.05) is 60.7 Å². The van der Waals surface area contributed by atoms with Crippen molar-refractivity contribution in [2.24, 2.45) is 0 Å². The summed E-state index contributed by atoms with van der Waals surface area (Å²) in [6, 6.07) is 24.4. The molecule has 0 aliphatic heterocycles. The molecule has 1 amide bonds. The predicted molar refractivity (Wildman–Crippen MR) is 121 cm³/mol. The summed E-state index contributed by atoms with van der Waals surface area (Å²) in [5.41, 5.74) is 2.86. The van der Waals surface area contributed by atoms with E-state index in [0.717, 1.165) is 16.7 Å². The van der Waals surface area contributed by atoms with Crippen LogP contribution in [0.4, 0.5) is 0 Å². The predicted octanol–water partition coefficient (Wildman–Crippen LogP) is 4.06. The Hall–Kier alpha value is -3.80. The maximum Gasteiger partial charge on any atom is 0.328 e. The van der Waals surface area contributed by atoms with Gasteiger partial charge in [0, 0.05) is 19.4 Å². The molecule has 6 heteroatoms. The summed E-state index contributed by atoms with van der Waals surface area (Å²) in [5, 5.41) is 2.64. The highest BCUT2D eigenvalue weighted by molar-refractivity contribution is 5.83. The molecule has 3 aromatic carbocycles. The normalized spacial score (nSPS) is 11.3. The van der Waals surface area contributed by atoms with Gasteiger partial charge in [-0.05, 0) is 28.8 Å². The Balaban J connectivity index is 1.81. The Labute approximate surface area is 188 Å². The molecule has 0 saturated heterocycles. The Kier molecular flexibility index (Phi) is 8.26. The van der Waals surface area contributed by atoms with E-state index in [2.05, 4.69) is 5.32 Å². The standard InChI is InChI=1S/C26H27NO5/c1-19(28)27-25(26(29)30-2)15-22-13-23(31-17-20-9-5-3-6-10-20)16-24(14-22)32-18-21-11-7-4-8-12-21/h3-14,16,25H,15,17-18H2,1-2H3,(H,27,28). The Bertz CT molecular complexity index is 959. The van der Waals surface area contributed by atoms with Crippen LogP contribution < -0.4 is 14.8 Å². The first kappa shape index (κ1) is 22.9. The largest absolute Gasteiger partial charge is 0.489 e. The van der Waals surface area contributed by atoms with Gasteiger partial charge >= 0.3 is 5.97 Å². The number of benzene rings is 3. The second-order valence-corrected chi connectivity index (χ2v) is 7.34. The molecule has 3 rings (SSSR count). The average molecular weight is 434 g/mol. The van der Waals surface area contributed by atoms with Crippen molar-refractivity contribution in [1.82, 2.24) is 5.32 Å². The van der Waals surface area contributed by atoms with Crippen LogP contribution in [0.5, 0.6) is 11.5 Å². The zero-order valence-electron chi connectivity index (χ0n) is 18.2. The number of rotatable bonds is 10. The van der Waals surface area contributed by atoms with Crippen molar-refractivity contribution in [1.29, 1.82) is 0 Å². The number of hydrogen-bond donors (Lipinski definition) is 1. The minimum absolute atomic E-state index is 0.247. The maximum atomic E-state index is 12.1. The number of carbonyl (C=O) groups excluding carboxylic acids is 2. The van der Waals surface area contributed by atoms with E-state index < -0.39 is 12.0 Å². The van der Waals surface area contributed by atoms with Crippen LogP contribution in [-0.2, 0) is 34.0 Å². The SMILES string of the molecule is COC(=O)C(Cc1cc(OCc2ccccc2)cc(OCc2ccccc2)c1)NC(C)=O. The molecule has 0 heterocycles. The van der Waals surface area contributed by atoms with E-state index in [4.69, 9.17) is 14.2 Å². The van der Waals surface area contributed by atoms with Crippen molar-refractivity contribution in [2.45, 2.75) is 32.6 Å². The van der Waals surface area contributed by atoms with E-state index in [1.54, 1.807) is 0 Å². The summed E-state index contributed by atoms with van der Waals surface area (Å²) in [6.45, 7) is 2.16. The van der Waals surface area contributed by atoms with Crippen LogP contribution in [0.3, 0.4) is 0 Å². The molecule has 0 spiro atoms. The van der Waals surface area contributed by atoms with Crippen LogP contribution >= 0.6 is 0 Å². The number of esters is 1. The van der Waals surface area contributed by atoms with Crippen LogP contribution in [0.2, 0.25) is 0 Å². The molecule has 0 fully saturated rings. The van der Waals surface area contributed by atoms with Crippen LogP contribution in [-0.4, -0.2) is 25.0 Å². The molecular weight excluding hydrogens is 406 g/mol. The summed E-state index contributed by atoms with van der Waals surface area (Å²) >= 11 is 0. The fourth-order valence-corrected chi connectivity index (χ4v) is 3.21. The fourth-order valence-electron chi connectivity index (χ4n) is 3.21. The first-order valence-electron chi connectivity index (χ1n) is 10.4. The lowest BCUT2D eigenvalue weighted by molar-refractivity contribution is -0.144. The van der Waals surface area contributed by atoms with Gasteiger partial charge in [0.2, 0.25) is 5.91 Å². The quantitative estimate of drug-likeness (QED) is 0.488. The lowest BCUT2D eigenvalue weighted by Gasteiger charge is -2.17. The molecular formula is C26H27NO5. The lowest BCUT2D eigenvalue weighted by Crippen LogP contribution is -2.41. The number of hydrogen-bond acceptors (Lipinski definition) is 5. The van der Waals surface area contributed by atoms with Crippen molar-refractivity contribution >= 4 is 11.9 Å². The zero-order chi connectivity index (χ0) is 22.8. The summed E-state index contributed by atoms with van der Waals surface area (Å²) in [5.74, 6) is 0.404. The average Bonchev–Trinajstić information content (AvgIpc) is 2.81. The third-order valence-electron chi connectivity index (χ3n) is 4.74. The van der Waals surface area contributed by atoms with Gasteiger partial charge in [-0.25, -0.2) is 4.79 Å². The number of ether oxygens (including phenoxy) is 3. The van der Waals surface area contributed by atoms with Crippen molar-refractivity contribution in [3.8, 4) is 11.5 Å². The molecule has 6 nitrogen and oxygen atoms in total. The Morgan fingerprint density at radius 1 is 0.781 bits per heavy atom. The third kappa shape index (κ3) is 7.16. The highest BCUT2D eigenvalue weighted by Gasteiger charge is 2.21. The molecule has 0 aromatic heterocycles. The smallest absolute Gasteiger partial charge is 0.328 e. The van der Waals surface area contributed by atoms with E-state index in [0.29, 0.717) is 24.7 Å². The second-order valence-electron chi connectivity index (χ2n) is 7.34. The molecule has 0 aliphatic rings. The molecule has 1 atom stereocenters. The molecule has 0 saturated carbocycles. The number of nitrogens with one attached hydrogen (secondary N) is 1. The van der Waals surface area contributed by atoms with Crippen molar-refractivity contribution in [3.63, 3.8) is 0 Å². The Morgan fingerprint density at radius 2 is 1.28 bits per heavy atom. The van der Waals surface area contributed by atoms with Crippen LogP contribution in [0.1, 0.15) is 23.6 Å². The number of amides is 1. The van der Waals surface area contributed by atoms with E-state index in [1.807, 2.05) is 78.9 Å². The lowest BCUT2D eigenvalue weighted by atomic mass is 10.0. The minimum atomic E-state index is -0.802. The van der Waals surface area contributed by atoms with Gasteiger partial charge in [-0.3, -0.25) is 4.79 Å². The minimum Gasteiger partial charge on any atom is -0.489 e. The molecule has 3 aromatic rings. The van der Waals surface area contributed by atoms with Crippen molar-refractivity contribution < 1.29 is 23.8 Å². The van der Waals surface area contributed by atoms with Crippen LogP contribution in [0.15, 0.2) is 78.9 Å². The highest BCUT2D eigenvalue weighted by atomic mass is 16.5. The molecule has 1 unspecified atom stereocenters. The summed E-state index contributed by atoms with van der Waals surface area (Å²) in [7, 11) is 1.30.